The summed E-state index contributed by atoms with van der Waals surface area (Å²) in [6.07, 6.45) is 19.4. The van der Waals surface area contributed by atoms with Gasteiger partial charge in [-0.1, -0.05) is 127 Å². The highest BCUT2D eigenvalue weighted by atomic mass is 35.5. The molecule has 3 aromatic rings. The fourth-order valence-corrected chi connectivity index (χ4v) is 6.58. The minimum absolute atomic E-state index is 0.0786. The van der Waals surface area contributed by atoms with E-state index in [0.717, 1.165) is 24.3 Å². The number of ether oxygens (including phenoxy) is 1. The van der Waals surface area contributed by atoms with Gasteiger partial charge in [0.2, 0.25) is 0 Å². The van der Waals surface area contributed by atoms with Gasteiger partial charge in [0.25, 0.3) is 16.0 Å². The molecule has 11 heteroatoms. The van der Waals surface area contributed by atoms with Gasteiger partial charge in [-0.15, -0.1) is 0 Å². The van der Waals surface area contributed by atoms with Crippen molar-refractivity contribution in [1.29, 1.82) is 0 Å². The number of hydrogen-bond acceptors (Lipinski definition) is 7. The highest BCUT2D eigenvalue weighted by Gasteiger charge is 2.37. The molecule has 264 valence electrons. The number of halogens is 1. The molecule has 0 spiro atoms. The number of para-hydroxylation sites is 1. The zero-order valence-electron chi connectivity index (χ0n) is 28.5. The van der Waals surface area contributed by atoms with Gasteiger partial charge in [0, 0.05) is 5.02 Å². The Hall–Kier alpha value is -3.60. The van der Waals surface area contributed by atoms with Crippen molar-refractivity contribution >= 4 is 44.7 Å². The first-order chi connectivity index (χ1) is 23.8. The maximum Gasteiger partial charge on any atom is 0.298 e. The summed E-state index contributed by atoms with van der Waals surface area (Å²) in [5.74, 6) is -0.152. The van der Waals surface area contributed by atoms with E-state index < -0.39 is 27.0 Å². The number of rotatable bonds is 22. The molecule has 1 heterocycles. The molecule has 49 heavy (non-hydrogen) atoms. The van der Waals surface area contributed by atoms with E-state index in [9.17, 15) is 17.8 Å². The monoisotopic (exact) mass is 708 g/mol. The number of hydrazone groups is 1. The summed E-state index contributed by atoms with van der Waals surface area (Å²) in [5.41, 5.74) is 1.25. The van der Waals surface area contributed by atoms with Gasteiger partial charge in [-0.25, -0.2) is 0 Å². The standard InChI is InChI=1S/C38H49ClN4O5S/c1-2-3-4-5-6-7-8-9-10-11-12-13-14-15-19-22-34-37(41-40-31-25-23-30(39)24-26-31)38(44)43(42-34)32-27-28-35(36(29-32)49(45,46)47)48-33-20-17-16-18-21-33/h16-18,20-21,23-29,37H,2-15,19,22H2,1H3,(H,45,46,47). The Labute approximate surface area is 296 Å². The highest BCUT2D eigenvalue weighted by molar-refractivity contribution is 7.86. The molecule has 9 nitrogen and oxygen atoms in total. The summed E-state index contributed by atoms with van der Waals surface area (Å²) in [7, 11) is -4.70. The molecule has 0 fully saturated rings. The van der Waals surface area contributed by atoms with Crippen LogP contribution in [0.1, 0.15) is 110 Å². The number of amides is 1. The molecule has 0 aliphatic carbocycles. The lowest BCUT2D eigenvalue weighted by Crippen LogP contribution is -2.30. The van der Waals surface area contributed by atoms with Crippen molar-refractivity contribution < 1.29 is 22.5 Å². The van der Waals surface area contributed by atoms with E-state index >= 15 is 0 Å². The van der Waals surface area contributed by atoms with Gasteiger partial charge in [-0.3, -0.25) is 9.35 Å². The number of carbonyl (C=O) groups excluding carboxylic acids is 1. The maximum absolute atomic E-state index is 13.7. The topological polar surface area (TPSA) is 121 Å². The third kappa shape index (κ3) is 12.7. The van der Waals surface area contributed by atoms with Crippen LogP contribution in [0.5, 0.6) is 11.5 Å². The number of benzene rings is 3. The predicted molar refractivity (Wildman–Crippen MR) is 197 cm³/mol. The Bertz CT molecular complexity index is 1630. The molecule has 1 atom stereocenters. The average Bonchev–Trinajstić information content (AvgIpc) is 3.40. The quantitative estimate of drug-likeness (QED) is 0.0632. The number of nitrogens with zero attached hydrogens (tertiary/aromatic N) is 4. The molecular weight excluding hydrogens is 660 g/mol. The number of carbonyl (C=O) groups is 1. The van der Waals surface area contributed by atoms with E-state index in [-0.39, 0.29) is 11.4 Å². The molecule has 1 amide bonds. The molecular formula is C38H49ClN4O5S. The van der Waals surface area contributed by atoms with E-state index in [1.54, 1.807) is 54.6 Å². The van der Waals surface area contributed by atoms with Crippen LogP contribution in [0.25, 0.3) is 0 Å². The van der Waals surface area contributed by atoms with Gasteiger partial charge in [-0.05, 0) is 67.4 Å². The Morgan fingerprint density at radius 3 is 1.94 bits per heavy atom. The Balaban J connectivity index is 1.35. The molecule has 1 unspecified atom stereocenters. The number of unbranched alkanes of at least 4 members (excludes halogenated alkanes) is 14. The lowest BCUT2D eigenvalue weighted by Gasteiger charge is -2.15. The molecule has 4 rings (SSSR count). The minimum atomic E-state index is -4.70. The Morgan fingerprint density at radius 2 is 1.37 bits per heavy atom. The Kier molecular flexibility index (Phi) is 15.7. The zero-order chi connectivity index (χ0) is 34.9. The van der Waals surface area contributed by atoms with Crippen LogP contribution in [-0.2, 0) is 14.9 Å². The summed E-state index contributed by atoms with van der Waals surface area (Å²) < 4.78 is 40.5. The lowest BCUT2D eigenvalue weighted by atomic mass is 10.0. The van der Waals surface area contributed by atoms with Crippen molar-refractivity contribution in [3.05, 3.63) is 77.8 Å². The normalized spacial score (nSPS) is 14.9. The van der Waals surface area contributed by atoms with Crippen molar-refractivity contribution in [2.75, 3.05) is 5.01 Å². The van der Waals surface area contributed by atoms with Crippen LogP contribution in [0.15, 0.2) is 93.0 Å². The van der Waals surface area contributed by atoms with Crippen LogP contribution >= 0.6 is 11.6 Å². The van der Waals surface area contributed by atoms with Crippen LogP contribution in [0.4, 0.5) is 11.4 Å². The van der Waals surface area contributed by atoms with Gasteiger partial charge in [-0.2, -0.15) is 28.8 Å². The Morgan fingerprint density at radius 1 is 0.796 bits per heavy atom. The van der Waals surface area contributed by atoms with Gasteiger partial charge in [0.1, 0.15) is 16.4 Å². The van der Waals surface area contributed by atoms with Crippen LogP contribution < -0.4 is 9.75 Å². The van der Waals surface area contributed by atoms with Crippen molar-refractivity contribution in [1.82, 2.24) is 0 Å². The summed E-state index contributed by atoms with van der Waals surface area (Å²) in [6, 6.07) is 18.6. The van der Waals surface area contributed by atoms with Gasteiger partial charge < -0.3 is 4.74 Å². The second kappa shape index (κ2) is 20.2. The molecule has 1 N–H and O–H groups in total. The molecule has 0 saturated carbocycles. The third-order valence-electron chi connectivity index (χ3n) is 8.56. The van der Waals surface area contributed by atoms with E-state index in [1.807, 2.05) is 0 Å². The number of hydrogen-bond donors (Lipinski definition) is 1. The zero-order valence-corrected chi connectivity index (χ0v) is 30.0. The second-order valence-corrected chi connectivity index (χ2v) is 14.4. The number of anilines is 1. The van der Waals surface area contributed by atoms with E-state index in [4.69, 9.17) is 16.3 Å². The van der Waals surface area contributed by atoms with Crippen molar-refractivity contribution in [3.8, 4) is 11.5 Å². The minimum Gasteiger partial charge on any atom is -0.456 e. The van der Waals surface area contributed by atoms with Crippen molar-refractivity contribution in [2.24, 2.45) is 15.3 Å². The third-order valence-corrected chi connectivity index (χ3v) is 9.69. The van der Waals surface area contributed by atoms with E-state index in [0.29, 0.717) is 28.6 Å². The molecule has 0 aromatic heterocycles. The summed E-state index contributed by atoms with van der Waals surface area (Å²) >= 11 is 6.01. The molecule has 0 bridgehead atoms. The smallest absolute Gasteiger partial charge is 0.298 e. The molecule has 0 radical (unpaired) electrons. The first-order valence-corrected chi connectivity index (χ1v) is 19.5. The summed E-state index contributed by atoms with van der Waals surface area (Å²) in [6.45, 7) is 2.26. The first-order valence-electron chi connectivity index (χ1n) is 17.7. The molecule has 1 aliphatic rings. The summed E-state index contributed by atoms with van der Waals surface area (Å²) in [5, 5.41) is 14.9. The van der Waals surface area contributed by atoms with Gasteiger partial charge in [0.15, 0.2) is 6.04 Å². The fraction of sp³-hybridized carbons (Fsp3) is 0.474. The largest absolute Gasteiger partial charge is 0.456 e. The van der Waals surface area contributed by atoms with Crippen molar-refractivity contribution in [3.63, 3.8) is 0 Å². The van der Waals surface area contributed by atoms with Crippen LogP contribution in [0.3, 0.4) is 0 Å². The van der Waals surface area contributed by atoms with Gasteiger partial charge in [0.05, 0.1) is 17.1 Å². The predicted octanol–water partition coefficient (Wildman–Crippen LogP) is 11.5. The number of azo groups is 1. The first kappa shape index (κ1) is 38.2. The maximum atomic E-state index is 13.7. The lowest BCUT2D eigenvalue weighted by molar-refractivity contribution is -0.117. The second-order valence-electron chi connectivity index (χ2n) is 12.6. The van der Waals surface area contributed by atoms with Crippen LogP contribution in [0, 0.1) is 0 Å². The van der Waals surface area contributed by atoms with Crippen molar-refractivity contribution in [2.45, 2.75) is 121 Å². The molecule has 3 aromatic carbocycles. The van der Waals surface area contributed by atoms with E-state index in [2.05, 4.69) is 22.3 Å². The highest BCUT2D eigenvalue weighted by Crippen LogP contribution is 2.34. The fourth-order valence-electron chi connectivity index (χ4n) is 5.82. The SMILES string of the molecule is CCCCCCCCCCCCCCCCCC1=NN(c2ccc(Oc3ccccc3)c(S(=O)(=O)O)c2)C(=O)C1N=Nc1ccc(Cl)cc1. The molecule has 1 aliphatic heterocycles. The van der Waals surface area contributed by atoms with Gasteiger partial charge >= 0.3 is 0 Å². The molecule has 0 saturated heterocycles. The summed E-state index contributed by atoms with van der Waals surface area (Å²) in [4.78, 5) is 13.2. The van der Waals surface area contributed by atoms with Crippen LogP contribution in [-0.4, -0.2) is 30.6 Å². The van der Waals surface area contributed by atoms with Crippen LogP contribution in [0.2, 0.25) is 5.02 Å². The van der Waals surface area contributed by atoms with E-state index in [1.165, 1.54) is 95.2 Å². The average molecular weight is 709 g/mol.